The molecule has 2 aromatic rings. The molecule has 1 heterocycles. The van der Waals surface area contributed by atoms with Gasteiger partial charge in [0.25, 0.3) is 5.91 Å². The monoisotopic (exact) mass is 343 g/mol. The number of pyridine rings is 1. The van der Waals surface area contributed by atoms with Crippen molar-refractivity contribution < 1.29 is 4.79 Å². The van der Waals surface area contributed by atoms with Gasteiger partial charge < -0.3 is 10.2 Å². The molecule has 0 saturated heterocycles. The molecule has 0 aliphatic carbocycles. The first-order valence-corrected chi connectivity index (χ1v) is 7.12. The molecule has 1 aromatic carbocycles. The van der Waals surface area contributed by atoms with E-state index in [1.807, 2.05) is 19.0 Å². The van der Waals surface area contributed by atoms with Gasteiger partial charge in [0.05, 0.1) is 16.4 Å². The van der Waals surface area contributed by atoms with Crippen LogP contribution in [0.25, 0.3) is 0 Å². The molecule has 1 aromatic heterocycles. The van der Waals surface area contributed by atoms with Crippen LogP contribution in [0.4, 0.5) is 11.4 Å². The van der Waals surface area contributed by atoms with E-state index >= 15 is 0 Å². The van der Waals surface area contributed by atoms with Gasteiger partial charge in [0, 0.05) is 19.7 Å². The molecule has 21 heavy (non-hydrogen) atoms. The third-order valence-corrected chi connectivity index (χ3v) is 3.40. The molecule has 2 rings (SSSR count). The second-order valence-corrected chi connectivity index (χ2v) is 5.67. The van der Waals surface area contributed by atoms with Gasteiger partial charge in [0.15, 0.2) is 0 Å². The van der Waals surface area contributed by atoms with Crippen LogP contribution in [0.3, 0.4) is 0 Å². The summed E-state index contributed by atoms with van der Waals surface area (Å²) in [6.45, 7) is 0. The molecule has 0 aliphatic heterocycles. The van der Waals surface area contributed by atoms with Crippen LogP contribution in [0.5, 0.6) is 0 Å². The number of carbonyl (C=O) groups is 1. The molecule has 1 N–H and O–H groups in total. The van der Waals surface area contributed by atoms with E-state index < -0.39 is 0 Å². The highest BCUT2D eigenvalue weighted by atomic mass is 35.5. The summed E-state index contributed by atoms with van der Waals surface area (Å²) in [5.41, 5.74) is 1.64. The first-order chi connectivity index (χ1) is 9.88. The summed E-state index contributed by atoms with van der Waals surface area (Å²) in [4.78, 5) is 17.9. The van der Waals surface area contributed by atoms with E-state index in [1.54, 1.807) is 18.2 Å². The minimum atomic E-state index is -0.341. The minimum Gasteiger partial charge on any atom is -0.375 e. The van der Waals surface area contributed by atoms with Crippen LogP contribution < -0.4 is 10.2 Å². The Hall–Kier alpha value is -1.49. The standard InChI is InChI=1S/C14H12Cl3N3O/c1-20(2)13-9(15)4-3-5-10(13)18-14(21)8-6-11(16)19-12(17)7-8/h3-7H,1-2H3,(H,18,21). The predicted octanol–water partition coefficient (Wildman–Crippen LogP) is 4.36. The summed E-state index contributed by atoms with van der Waals surface area (Å²) in [5, 5.41) is 3.66. The molecule has 110 valence electrons. The molecule has 7 heteroatoms. The van der Waals surface area contributed by atoms with Gasteiger partial charge in [-0.2, -0.15) is 0 Å². The van der Waals surface area contributed by atoms with Crippen molar-refractivity contribution in [2.75, 3.05) is 24.3 Å². The topological polar surface area (TPSA) is 45.2 Å². The van der Waals surface area contributed by atoms with Crippen LogP contribution in [0.1, 0.15) is 10.4 Å². The quantitative estimate of drug-likeness (QED) is 0.841. The Morgan fingerprint density at radius 2 is 1.76 bits per heavy atom. The van der Waals surface area contributed by atoms with Crippen LogP contribution in [0, 0.1) is 0 Å². The van der Waals surface area contributed by atoms with E-state index in [0.29, 0.717) is 16.3 Å². The van der Waals surface area contributed by atoms with Crippen molar-refractivity contribution >= 4 is 52.1 Å². The Balaban J connectivity index is 2.34. The molecule has 0 bridgehead atoms. The van der Waals surface area contributed by atoms with Crippen molar-refractivity contribution in [3.05, 3.63) is 51.2 Å². The Labute approximate surface area is 137 Å². The van der Waals surface area contributed by atoms with Crippen molar-refractivity contribution in [2.45, 2.75) is 0 Å². The molecule has 0 spiro atoms. The zero-order valence-corrected chi connectivity index (χ0v) is 13.6. The lowest BCUT2D eigenvalue weighted by atomic mass is 10.2. The predicted molar refractivity (Wildman–Crippen MR) is 88.0 cm³/mol. The number of amides is 1. The fourth-order valence-electron chi connectivity index (χ4n) is 1.86. The van der Waals surface area contributed by atoms with Gasteiger partial charge in [0.2, 0.25) is 0 Å². The maximum Gasteiger partial charge on any atom is 0.255 e. The van der Waals surface area contributed by atoms with Gasteiger partial charge in [-0.3, -0.25) is 4.79 Å². The lowest BCUT2D eigenvalue weighted by molar-refractivity contribution is 0.102. The first kappa shape index (κ1) is 15.9. The average Bonchev–Trinajstić information content (AvgIpc) is 2.37. The number of carbonyl (C=O) groups excluding carboxylic acids is 1. The van der Waals surface area contributed by atoms with Crippen LogP contribution in [-0.2, 0) is 0 Å². The molecule has 0 aliphatic rings. The molecule has 0 saturated carbocycles. The van der Waals surface area contributed by atoms with Gasteiger partial charge in [0.1, 0.15) is 10.3 Å². The van der Waals surface area contributed by atoms with Crippen LogP contribution in [-0.4, -0.2) is 25.0 Å². The van der Waals surface area contributed by atoms with Gasteiger partial charge >= 0.3 is 0 Å². The minimum absolute atomic E-state index is 0.159. The number of nitrogens with zero attached hydrogens (tertiary/aromatic N) is 2. The number of anilines is 2. The number of aromatic nitrogens is 1. The smallest absolute Gasteiger partial charge is 0.255 e. The maximum atomic E-state index is 12.3. The van der Waals surface area contributed by atoms with Gasteiger partial charge in [-0.05, 0) is 24.3 Å². The number of halogens is 3. The SMILES string of the molecule is CN(C)c1c(Cl)cccc1NC(=O)c1cc(Cl)nc(Cl)c1. The van der Waals surface area contributed by atoms with E-state index in [1.165, 1.54) is 12.1 Å². The molecule has 1 amide bonds. The van der Waals surface area contributed by atoms with Crippen LogP contribution in [0.2, 0.25) is 15.3 Å². The largest absolute Gasteiger partial charge is 0.375 e. The summed E-state index contributed by atoms with van der Waals surface area (Å²) in [5.74, 6) is -0.341. The number of benzene rings is 1. The van der Waals surface area contributed by atoms with Crippen molar-refractivity contribution in [3.63, 3.8) is 0 Å². The zero-order valence-electron chi connectivity index (χ0n) is 11.3. The number of nitrogens with one attached hydrogen (secondary N) is 1. The fraction of sp³-hybridized carbons (Fsp3) is 0.143. The molecular formula is C14H12Cl3N3O. The summed E-state index contributed by atoms with van der Waals surface area (Å²) in [6, 6.07) is 8.18. The summed E-state index contributed by atoms with van der Waals surface area (Å²) >= 11 is 17.8. The molecule has 4 nitrogen and oxygen atoms in total. The first-order valence-electron chi connectivity index (χ1n) is 5.99. The normalized spacial score (nSPS) is 10.3. The lowest BCUT2D eigenvalue weighted by Gasteiger charge is -2.19. The van der Waals surface area contributed by atoms with Crippen molar-refractivity contribution in [3.8, 4) is 0 Å². The van der Waals surface area contributed by atoms with Crippen molar-refractivity contribution in [1.82, 2.24) is 4.98 Å². The van der Waals surface area contributed by atoms with Crippen molar-refractivity contribution in [1.29, 1.82) is 0 Å². The number of rotatable bonds is 3. The van der Waals surface area contributed by atoms with Crippen LogP contribution >= 0.6 is 34.8 Å². The Morgan fingerprint density at radius 3 is 2.33 bits per heavy atom. The molecule has 0 atom stereocenters. The Kier molecular flexibility index (Phi) is 4.93. The van der Waals surface area contributed by atoms with Gasteiger partial charge in [-0.1, -0.05) is 40.9 Å². The van der Waals surface area contributed by atoms with E-state index in [2.05, 4.69) is 10.3 Å². The summed E-state index contributed by atoms with van der Waals surface area (Å²) < 4.78 is 0. The number of hydrogen-bond acceptors (Lipinski definition) is 3. The second-order valence-electron chi connectivity index (χ2n) is 4.49. The Morgan fingerprint density at radius 1 is 1.14 bits per heavy atom. The van der Waals surface area contributed by atoms with Crippen LogP contribution in [0.15, 0.2) is 30.3 Å². The molecule has 0 fully saturated rings. The number of hydrogen-bond donors (Lipinski definition) is 1. The summed E-state index contributed by atoms with van der Waals surface area (Å²) in [7, 11) is 3.69. The zero-order chi connectivity index (χ0) is 15.6. The van der Waals surface area contributed by atoms with E-state index in [9.17, 15) is 4.79 Å². The molecular weight excluding hydrogens is 333 g/mol. The molecule has 0 unspecified atom stereocenters. The van der Waals surface area contributed by atoms with E-state index in [0.717, 1.165) is 5.69 Å². The lowest BCUT2D eigenvalue weighted by Crippen LogP contribution is -2.17. The number of para-hydroxylation sites is 1. The fourth-order valence-corrected chi connectivity index (χ4v) is 2.67. The summed E-state index contributed by atoms with van der Waals surface area (Å²) in [6.07, 6.45) is 0. The van der Waals surface area contributed by atoms with E-state index in [-0.39, 0.29) is 16.2 Å². The average molecular weight is 345 g/mol. The third-order valence-electron chi connectivity index (χ3n) is 2.71. The second kappa shape index (κ2) is 6.52. The highest BCUT2D eigenvalue weighted by Gasteiger charge is 2.14. The third kappa shape index (κ3) is 3.79. The highest BCUT2D eigenvalue weighted by molar-refractivity contribution is 6.34. The molecule has 0 radical (unpaired) electrons. The maximum absolute atomic E-state index is 12.3. The Bertz CT molecular complexity index is 669. The van der Waals surface area contributed by atoms with Crippen molar-refractivity contribution in [2.24, 2.45) is 0 Å². The highest BCUT2D eigenvalue weighted by Crippen LogP contribution is 2.32. The van der Waals surface area contributed by atoms with Gasteiger partial charge in [-0.25, -0.2) is 4.98 Å². The van der Waals surface area contributed by atoms with Gasteiger partial charge in [-0.15, -0.1) is 0 Å². The van der Waals surface area contributed by atoms with E-state index in [4.69, 9.17) is 34.8 Å².